The van der Waals surface area contributed by atoms with Gasteiger partial charge in [-0.25, -0.2) is 4.39 Å². The van der Waals surface area contributed by atoms with Gasteiger partial charge in [-0.3, -0.25) is 4.90 Å². The van der Waals surface area contributed by atoms with E-state index in [0.717, 1.165) is 24.9 Å². The fraction of sp³-hybridized carbons (Fsp3) is 0.412. The lowest BCUT2D eigenvalue weighted by Crippen LogP contribution is -2.39. The van der Waals surface area contributed by atoms with E-state index in [1.807, 2.05) is 12.1 Å². The summed E-state index contributed by atoms with van der Waals surface area (Å²) in [7, 11) is 2.09. The lowest BCUT2D eigenvalue weighted by molar-refractivity contribution is 0.212. The highest BCUT2D eigenvalue weighted by molar-refractivity contribution is 7.09. The first kappa shape index (κ1) is 16.1. The van der Waals surface area contributed by atoms with Crippen molar-refractivity contribution in [1.82, 2.24) is 4.90 Å². The van der Waals surface area contributed by atoms with Crippen LogP contribution in [0.25, 0.3) is 0 Å². The molecule has 0 bridgehead atoms. The van der Waals surface area contributed by atoms with Gasteiger partial charge in [-0.05, 0) is 49.0 Å². The molecule has 2 atom stereocenters. The number of benzene rings is 1. The second-order valence-corrected chi connectivity index (χ2v) is 6.41. The van der Waals surface area contributed by atoms with E-state index in [1.165, 1.54) is 17.0 Å². The van der Waals surface area contributed by atoms with Crippen molar-refractivity contribution < 1.29 is 4.39 Å². The first-order chi connectivity index (χ1) is 10.1. The third kappa shape index (κ3) is 4.37. The first-order valence-electron chi connectivity index (χ1n) is 7.35. The van der Waals surface area contributed by atoms with Crippen LogP contribution in [0.4, 0.5) is 4.39 Å². The third-order valence-corrected chi connectivity index (χ3v) is 4.79. The van der Waals surface area contributed by atoms with E-state index in [2.05, 4.69) is 36.4 Å². The number of thiophene rings is 1. The number of nitrogens with zero attached hydrogens (tertiary/aromatic N) is 1. The second-order valence-electron chi connectivity index (χ2n) is 5.38. The molecular weight excluding hydrogens is 283 g/mol. The molecule has 2 rings (SSSR count). The van der Waals surface area contributed by atoms with Crippen LogP contribution in [0.3, 0.4) is 0 Å². The van der Waals surface area contributed by atoms with Gasteiger partial charge in [-0.15, -0.1) is 11.3 Å². The van der Waals surface area contributed by atoms with Crippen LogP contribution in [-0.2, 0) is 6.42 Å². The smallest absolute Gasteiger partial charge is 0.123 e. The average Bonchev–Trinajstić information content (AvgIpc) is 3.00. The molecule has 2 aromatic rings. The molecule has 2 nitrogen and oxygen atoms in total. The molecule has 0 fully saturated rings. The highest BCUT2D eigenvalue weighted by atomic mass is 32.1. The Morgan fingerprint density at radius 1 is 1.24 bits per heavy atom. The maximum atomic E-state index is 13.1. The van der Waals surface area contributed by atoms with Gasteiger partial charge in [0.25, 0.3) is 0 Å². The summed E-state index contributed by atoms with van der Waals surface area (Å²) in [4.78, 5) is 3.66. The number of rotatable bonds is 7. The maximum Gasteiger partial charge on any atom is 0.123 e. The standard InChI is InChI=1S/C17H23FN2S/c1-3-16(19)17(13-6-8-14(18)9-7-13)20(2)11-10-15-5-4-12-21-15/h4-9,12,16-17H,3,10-11,19H2,1-2H3. The number of nitrogens with two attached hydrogens (primary N) is 1. The average molecular weight is 306 g/mol. The summed E-state index contributed by atoms with van der Waals surface area (Å²) in [6, 6.07) is 11.1. The van der Waals surface area contributed by atoms with E-state index < -0.39 is 0 Å². The van der Waals surface area contributed by atoms with Gasteiger partial charge in [0, 0.05) is 23.5 Å². The molecule has 21 heavy (non-hydrogen) atoms. The molecule has 4 heteroatoms. The van der Waals surface area contributed by atoms with Crippen molar-refractivity contribution in [3.63, 3.8) is 0 Å². The number of hydrogen-bond donors (Lipinski definition) is 1. The van der Waals surface area contributed by atoms with Crippen LogP contribution in [-0.4, -0.2) is 24.5 Å². The number of likely N-dealkylation sites (N-methyl/N-ethyl adjacent to an activating group) is 1. The molecule has 2 N–H and O–H groups in total. The molecule has 0 aliphatic rings. The van der Waals surface area contributed by atoms with Gasteiger partial charge in [-0.2, -0.15) is 0 Å². The molecule has 0 radical (unpaired) electrons. The zero-order chi connectivity index (χ0) is 15.2. The Labute approximate surface area is 130 Å². The van der Waals surface area contributed by atoms with E-state index in [1.54, 1.807) is 11.3 Å². The summed E-state index contributed by atoms with van der Waals surface area (Å²) in [5, 5.41) is 2.10. The molecule has 0 saturated carbocycles. The molecule has 1 aromatic carbocycles. The van der Waals surface area contributed by atoms with Gasteiger partial charge in [0.2, 0.25) is 0 Å². The zero-order valence-corrected chi connectivity index (χ0v) is 13.4. The summed E-state index contributed by atoms with van der Waals surface area (Å²) < 4.78 is 13.1. The van der Waals surface area contributed by atoms with Crippen LogP contribution in [0.2, 0.25) is 0 Å². The normalized spacial score (nSPS) is 14.3. The van der Waals surface area contributed by atoms with Crippen molar-refractivity contribution in [2.45, 2.75) is 31.8 Å². The minimum absolute atomic E-state index is 0.0452. The molecule has 0 saturated heterocycles. The van der Waals surface area contributed by atoms with Crippen molar-refractivity contribution in [3.05, 3.63) is 58.0 Å². The Morgan fingerprint density at radius 3 is 2.52 bits per heavy atom. The van der Waals surface area contributed by atoms with Gasteiger partial charge in [0.1, 0.15) is 5.82 Å². The molecular formula is C17H23FN2S. The van der Waals surface area contributed by atoms with E-state index in [4.69, 9.17) is 5.73 Å². The van der Waals surface area contributed by atoms with E-state index in [9.17, 15) is 4.39 Å². The molecule has 0 spiro atoms. The Morgan fingerprint density at radius 2 is 1.95 bits per heavy atom. The van der Waals surface area contributed by atoms with Crippen molar-refractivity contribution in [2.24, 2.45) is 5.73 Å². The predicted molar refractivity (Wildman–Crippen MR) is 88.1 cm³/mol. The van der Waals surface area contributed by atoms with Crippen LogP contribution in [0.1, 0.15) is 29.8 Å². The fourth-order valence-corrected chi connectivity index (χ4v) is 3.29. The van der Waals surface area contributed by atoms with Crippen LogP contribution in [0, 0.1) is 5.82 Å². The summed E-state index contributed by atoms with van der Waals surface area (Å²) in [6.07, 6.45) is 1.91. The van der Waals surface area contributed by atoms with Crippen molar-refractivity contribution in [2.75, 3.05) is 13.6 Å². The Balaban J connectivity index is 2.09. The Kier molecular flexibility index (Phi) is 5.91. The summed E-state index contributed by atoms with van der Waals surface area (Å²) >= 11 is 1.78. The van der Waals surface area contributed by atoms with Gasteiger partial charge < -0.3 is 5.73 Å². The van der Waals surface area contributed by atoms with E-state index >= 15 is 0 Å². The SMILES string of the molecule is CCC(N)C(c1ccc(F)cc1)N(C)CCc1cccs1. The monoisotopic (exact) mass is 306 g/mol. The summed E-state index contributed by atoms with van der Waals surface area (Å²) in [5.41, 5.74) is 7.39. The first-order valence-corrected chi connectivity index (χ1v) is 8.23. The molecule has 1 aromatic heterocycles. The van der Waals surface area contributed by atoms with Gasteiger partial charge in [0.15, 0.2) is 0 Å². The quantitative estimate of drug-likeness (QED) is 0.842. The van der Waals surface area contributed by atoms with Gasteiger partial charge in [0.05, 0.1) is 0 Å². The summed E-state index contributed by atoms with van der Waals surface area (Å²) in [5.74, 6) is -0.205. The van der Waals surface area contributed by atoms with Crippen molar-refractivity contribution in [1.29, 1.82) is 0 Å². The zero-order valence-electron chi connectivity index (χ0n) is 12.6. The van der Waals surface area contributed by atoms with E-state index in [-0.39, 0.29) is 17.9 Å². The molecule has 0 aliphatic carbocycles. The molecule has 2 unspecified atom stereocenters. The lowest BCUT2D eigenvalue weighted by Gasteiger charge is -2.32. The highest BCUT2D eigenvalue weighted by Crippen LogP contribution is 2.24. The van der Waals surface area contributed by atoms with Crippen molar-refractivity contribution >= 4 is 11.3 Å². The second kappa shape index (κ2) is 7.69. The van der Waals surface area contributed by atoms with Crippen LogP contribution in [0.5, 0.6) is 0 Å². The van der Waals surface area contributed by atoms with Gasteiger partial charge >= 0.3 is 0 Å². The molecule has 0 aliphatic heterocycles. The topological polar surface area (TPSA) is 29.3 Å². The van der Waals surface area contributed by atoms with Crippen LogP contribution in [0.15, 0.2) is 41.8 Å². The van der Waals surface area contributed by atoms with Crippen LogP contribution >= 0.6 is 11.3 Å². The Bertz CT molecular complexity index is 524. The Hall–Kier alpha value is -1.23. The minimum atomic E-state index is -0.205. The third-order valence-electron chi connectivity index (χ3n) is 3.85. The predicted octanol–water partition coefficient (Wildman–Crippen LogP) is 3.84. The molecule has 1 heterocycles. The largest absolute Gasteiger partial charge is 0.326 e. The van der Waals surface area contributed by atoms with Crippen LogP contribution < -0.4 is 5.73 Å². The van der Waals surface area contributed by atoms with Gasteiger partial charge in [-0.1, -0.05) is 25.1 Å². The minimum Gasteiger partial charge on any atom is -0.326 e. The molecule has 0 amide bonds. The van der Waals surface area contributed by atoms with E-state index in [0.29, 0.717) is 0 Å². The number of hydrogen-bond acceptors (Lipinski definition) is 3. The fourth-order valence-electron chi connectivity index (χ4n) is 2.59. The maximum absolute atomic E-state index is 13.1. The lowest BCUT2D eigenvalue weighted by atomic mass is 9.96. The number of halogens is 1. The molecule has 114 valence electrons. The highest BCUT2D eigenvalue weighted by Gasteiger charge is 2.23. The van der Waals surface area contributed by atoms with Crippen molar-refractivity contribution in [3.8, 4) is 0 Å². The summed E-state index contributed by atoms with van der Waals surface area (Å²) in [6.45, 7) is 3.03.